The molecule has 3 rings (SSSR count). The molecule has 0 saturated carbocycles. The van der Waals surface area contributed by atoms with Crippen molar-refractivity contribution in [3.05, 3.63) is 77.6 Å². The van der Waals surface area contributed by atoms with Crippen molar-refractivity contribution in [1.82, 2.24) is 10.3 Å². The van der Waals surface area contributed by atoms with Gasteiger partial charge in [0.15, 0.2) is 0 Å². The van der Waals surface area contributed by atoms with Crippen molar-refractivity contribution < 1.29 is 24.2 Å². The molecule has 3 aromatic rings. The SMILES string of the molecule is COC(=O)c1ccc(-c2ccnc(CNc3cccc(CNC(=O)OC(C)(C)C)c3)c2)cc1O. The average Bonchev–Trinajstić information content (AvgIpc) is 2.80. The Morgan fingerprint density at radius 1 is 1.00 bits per heavy atom. The second kappa shape index (κ2) is 10.7. The lowest BCUT2D eigenvalue weighted by molar-refractivity contribution is 0.0522. The molecule has 3 N–H and O–H groups in total. The Hall–Kier alpha value is -4.07. The van der Waals surface area contributed by atoms with Gasteiger partial charge in [0, 0.05) is 18.4 Å². The minimum atomic E-state index is -0.591. The predicted octanol–water partition coefficient (Wildman–Crippen LogP) is 4.88. The van der Waals surface area contributed by atoms with E-state index in [-0.39, 0.29) is 11.3 Å². The fourth-order valence-corrected chi connectivity index (χ4v) is 3.22. The van der Waals surface area contributed by atoms with Crippen LogP contribution in [-0.2, 0) is 22.6 Å². The van der Waals surface area contributed by atoms with Crippen molar-refractivity contribution in [2.45, 2.75) is 39.5 Å². The van der Waals surface area contributed by atoms with E-state index in [9.17, 15) is 14.7 Å². The maximum atomic E-state index is 11.9. The molecule has 1 aromatic heterocycles. The van der Waals surface area contributed by atoms with E-state index < -0.39 is 17.7 Å². The van der Waals surface area contributed by atoms with Crippen LogP contribution in [0.4, 0.5) is 10.5 Å². The molecule has 0 atom stereocenters. The summed E-state index contributed by atoms with van der Waals surface area (Å²) in [4.78, 5) is 28.0. The Kier molecular flexibility index (Phi) is 7.73. The summed E-state index contributed by atoms with van der Waals surface area (Å²) in [5.74, 6) is -0.732. The lowest BCUT2D eigenvalue weighted by atomic mass is 10.0. The highest BCUT2D eigenvalue weighted by Crippen LogP contribution is 2.27. The van der Waals surface area contributed by atoms with Gasteiger partial charge in [0.1, 0.15) is 16.9 Å². The monoisotopic (exact) mass is 463 g/mol. The number of phenolic OH excluding ortho intramolecular Hbond substituents is 1. The average molecular weight is 464 g/mol. The van der Waals surface area contributed by atoms with Crippen LogP contribution in [0.25, 0.3) is 11.1 Å². The lowest BCUT2D eigenvalue weighted by Gasteiger charge is -2.19. The molecule has 0 spiro atoms. The fourth-order valence-electron chi connectivity index (χ4n) is 3.22. The summed E-state index contributed by atoms with van der Waals surface area (Å²) in [6, 6.07) is 16.3. The number of ether oxygens (including phenoxy) is 2. The molecule has 1 amide bonds. The van der Waals surface area contributed by atoms with Gasteiger partial charge >= 0.3 is 12.1 Å². The number of hydrogen-bond donors (Lipinski definition) is 3. The van der Waals surface area contributed by atoms with Gasteiger partial charge in [-0.05, 0) is 73.9 Å². The molecule has 0 saturated heterocycles. The van der Waals surface area contributed by atoms with E-state index in [4.69, 9.17) is 4.74 Å². The highest BCUT2D eigenvalue weighted by molar-refractivity contribution is 5.93. The summed E-state index contributed by atoms with van der Waals surface area (Å²) in [7, 11) is 1.27. The molecule has 0 aliphatic carbocycles. The number of carbonyl (C=O) groups is 2. The van der Waals surface area contributed by atoms with E-state index in [2.05, 4.69) is 20.4 Å². The normalized spacial score (nSPS) is 10.9. The number of phenols is 1. The number of nitrogens with zero attached hydrogens (tertiary/aromatic N) is 1. The van der Waals surface area contributed by atoms with E-state index in [1.807, 2.05) is 57.2 Å². The van der Waals surface area contributed by atoms with Crippen LogP contribution in [0, 0.1) is 0 Å². The first-order valence-electron chi connectivity index (χ1n) is 10.8. The van der Waals surface area contributed by atoms with Gasteiger partial charge in [-0.1, -0.05) is 18.2 Å². The molecule has 34 heavy (non-hydrogen) atoms. The molecule has 0 aliphatic rings. The van der Waals surface area contributed by atoms with Crippen LogP contribution >= 0.6 is 0 Å². The van der Waals surface area contributed by atoms with Crippen molar-refractivity contribution >= 4 is 17.7 Å². The number of methoxy groups -OCH3 is 1. The van der Waals surface area contributed by atoms with Crippen LogP contribution in [0.3, 0.4) is 0 Å². The molecule has 8 nitrogen and oxygen atoms in total. The number of pyridine rings is 1. The van der Waals surface area contributed by atoms with Gasteiger partial charge in [-0.15, -0.1) is 0 Å². The third-order valence-corrected chi connectivity index (χ3v) is 4.79. The third kappa shape index (κ3) is 6.96. The van der Waals surface area contributed by atoms with E-state index >= 15 is 0 Å². The molecule has 2 aromatic carbocycles. The van der Waals surface area contributed by atoms with Gasteiger partial charge in [0.25, 0.3) is 0 Å². The number of anilines is 1. The van der Waals surface area contributed by atoms with E-state index in [0.717, 1.165) is 28.1 Å². The molecule has 0 aliphatic heterocycles. The van der Waals surface area contributed by atoms with Crippen LogP contribution in [0.2, 0.25) is 0 Å². The summed E-state index contributed by atoms with van der Waals surface area (Å²) >= 11 is 0. The molecule has 0 bridgehead atoms. The highest BCUT2D eigenvalue weighted by Gasteiger charge is 2.16. The number of aromatic nitrogens is 1. The van der Waals surface area contributed by atoms with Crippen molar-refractivity contribution in [2.24, 2.45) is 0 Å². The Labute approximate surface area is 198 Å². The first kappa shape index (κ1) is 24.6. The van der Waals surface area contributed by atoms with Crippen molar-refractivity contribution in [1.29, 1.82) is 0 Å². The number of carbonyl (C=O) groups excluding carboxylic acids is 2. The second-order valence-corrected chi connectivity index (χ2v) is 8.67. The summed E-state index contributed by atoms with van der Waals surface area (Å²) in [6.45, 7) is 6.28. The van der Waals surface area contributed by atoms with Crippen LogP contribution in [0.15, 0.2) is 60.8 Å². The minimum absolute atomic E-state index is 0.114. The molecule has 0 fully saturated rings. The van der Waals surface area contributed by atoms with Gasteiger partial charge < -0.3 is 25.2 Å². The number of rotatable bonds is 7. The summed E-state index contributed by atoms with van der Waals surface area (Å²) in [6.07, 6.45) is 1.23. The molecule has 0 unspecified atom stereocenters. The zero-order chi connectivity index (χ0) is 24.7. The summed E-state index contributed by atoms with van der Waals surface area (Å²) < 4.78 is 9.93. The van der Waals surface area contributed by atoms with E-state index in [0.29, 0.717) is 13.1 Å². The molecule has 0 radical (unpaired) electrons. The van der Waals surface area contributed by atoms with Gasteiger partial charge in [-0.3, -0.25) is 4.98 Å². The van der Waals surface area contributed by atoms with Gasteiger partial charge in [0.05, 0.1) is 19.3 Å². The third-order valence-electron chi connectivity index (χ3n) is 4.79. The van der Waals surface area contributed by atoms with Crippen molar-refractivity contribution in [3.8, 4) is 16.9 Å². The largest absolute Gasteiger partial charge is 0.507 e. The zero-order valence-electron chi connectivity index (χ0n) is 19.7. The maximum absolute atomic E-state index is 11.9. The molecule has 8 heteroatoms. The van der Waals surface area contributed by atoms with Gasteiger partial charge in [-0.25, -0.2) is 9.59 Å². The van der Waals surface area contributed by atoms with Crippen molar-refractivity contribution in [2.75, 3.05) is 12.4 Å². The number of alkyl carbamates (subject to hydrolysis) is 1. The van der Waals surface area contributed by atoms with E-state index in [1.165, 1.54) is 19.2 Å². The molecule has 1 heterocycles. The predicted molar refractivity (Wildman–Crippen MR) is 130 cm³/mol. The van der Waals surface area contributed by atoms with Gasteiger partial charge in [-0.2, -0.15) is 0 Å². The minimum Gasteiger partial charge on any atom is -0.507 e. The molecular weight excluding hydrogens is 434 g/mol. The molecular formula is C26H29N3O5. The smallest absolute Gasteiger partial charge is 0.407 e. The standard InChI is InChI=1S/C26H29N3O5/c1-26(2,3)34-25(32)29-15-17-6-5-7-20(12-17)28-16-21-13-19(10-11-27-21)18-8-9-22(23(30)14-18)24(31)33-4/h5-14,28,30H,15-16H2,1-4H3,(H,29,32). The van der Waals surface area contributed by atoms with Crippen LogP contribution < -0.4 is 10.6 Å². The number of amides is 1. The van der Waals surface area contributed by atoms with Crippen LogP contribution in [0.5, 0.6) is 5.75 Å². The Balaban J connectivity index is 1.63. The number of aromatic hydroxyl groups is 1. The van der Waals surface area contributed by atoms with Gasteiger partial charge in [0.2, 0.25) is 0 Å². The number of esters is 1. The van der Waals surface area contributed by atoms with E-state index in [1.54, 1.807) is 12.3 Å². The first-order valence-corrected chi connectivity index (χ1v) is 10.8. The number of hydrogen-bond acceptors (Lipinski definition) is 7. The highest BCUT2D eigenvalue weighted by atomic mass is 16.6. The topological polar surface area (TPSA) is 110 Å². The fraction of sp³-hybridized carbons (Fsp3) is 0.269. The number of benzene rings is 2. The van der Waals surface area contributed by atoms with Crippen LogP contribution in [0.1, 0.15) is 42.4 Å². The second-order valence-electron chi connectivity index (χ2n) is 8.67. The Morgan fingerprint density at radius 3 is 2.47 bits per heavy atom. The zero-order valence-corrected chi connectivity index (χ0v) is 19.7. The van der Waals surface area contributed by atoms with Crippen LogP contribution in [-0.4, -0.2) is 34.9 Å². The lowest BCUT2D eigenvalue weighted by Crippen LogP contribution is -2.32. The number of nitrogens with one attached hydrogen (secondary N) is 2. The Bertz CT molecular complexity index is 1170. The maximum Gasteiger partial charge on any atom is 0.407 e. The summed E-state index contributed by atoms with van der Waals surface area (Å²) in [5.41, 5.74) is 3.79. The van der Waals surface area contributed by atoms with Crippen molar-refractivity contribution in [3.63, 3.8) is 0 Å². The molecule has 178 valence electrons. The first-order chi connectivity index (χ1) is 16.1. The quantitative estimate of drug-likeness (QED) is 0.429. The Morgan fingerprint density at radius 2 is 1.76 bits per heavy atom. The summed E-state index contributed by atoms with van der Waals surface area (Å²) in [5, 5.41) is 16.3.